The molecule has 0 spiro atoms. The van der Waals surface area contributed by atoms with Crippen molar-refractivity contribution in [2.24, 2.45) is 0 Å². The van der Waals surface area contributed by atoms with Gasteiger partial charge in [0.05, 0.1) is 11.7 Å². The van der Waals surface area contributed by atoms with Crippen LogP contribution in [-0.2, 0) is 17.8 Å². The second-order valence-corrected chi connectivity index (χ2v) is 5.37. The minimum Gasteiger partial charge on any atom is -0.348 e. The van der Waals surface area contributed by atoms with E-state index >= 15 is 0 Å². The molecule has 0 radical (unpaired) electrons. The molecule has 0 aliphatic carbocycles. The number of nitrogens with one attached hydrogen (secondary N) is 1. The van der Waals surface area contributed by atoms with Crippen LogP contribution in [0.25, 0.3) is 0 Å². The van der Waals surface area contributed by atoms with Gasteiger partial charge in [-0.05, 0) is 25.5 Å². The molecule has 1 atom stereocenters. The van der Waals surface area contributed by atoms with Crippen molar-refractivity contribution in [2.45, 2.75) is 52.6 Å². The maximum absolute atomic E-state index is 12.2. The molecule has 0 aromatic carbocycles. The average molecular weight is 300 g/mol. The molecule has 22 heavy (non-hydrogen) atoms. The Bertz CT molecular complexity index is 621. The first kappa shape index (κ1) is 16.2. The van der Waals surface area contributed by atoms with E-state index < -0.39 is 0 Å². The van der Waals surface area contributed by atoms with E-state index in [1.165, 1.54) is 0 Å². The number of nitrogens with zero attached hydrogens (tertiary/aromatic N) is 3. The molecule has 2 heterocycles. The van der Waals surface area contributed by atoms with Crippen molar-refractivity contribution >= 4 is 5.91 Å². The van der Waals surface area contributed by atoms with Gasteiger partial charge >= 0.3 is 0 Å². The zero-order chi connectivity index (χ0) is 15.9. The Kier molecular flexibility index (Phi) is 5.69. The summed E-state index contributed by atoms with van der Waals surface area (Å²) in [7, 11) is 0. The Morgan fingerprint density at radius 2 is 2.18 bits per heavy atom. The molecular weight excluding hydrogens is 276 g/mol. The van der Waals surface area contributed by atoms with Crippen molar-refractivity contribution in [3.05, 3.63) is 47.8 Å². The van der Waals surface area contributed by atoms with Gasteiger partial charge in [0.1, 0.15) is 5.82 Å². The van der Waals surface area contributed by atoms with Crippen LogP contribution in [-0.4, -0.2) is 20.4 Å². The molecule has 0 saturated heterocycles. The molecule has 0 fully saturated rings. The van der Waals surface area contributed by atoms with Gasteiger partial charge in [0.25, 0.3) is 0 Å². The lowest BCUT2D eigenvalue weighted by Gasteiger charge is -2.17. The third kappa shape index (κ3) is 4.16. The summed E-state index contributed by atoms with van der Waals surface area (Å²) in [5.74, 6) is 1.06. The summed E-state index contributed by atoms with van der Waals surface area (Å²) < 4.78 is 2.03. The van der Waals surface area contributed by atoms with Gasteiger partial charge in [-0.2, -0.15) is 0 Å². The third-order valence-corrected chi connectivity index (χ3v) is 3.71. The highest BCUT2D eigenvalue weighted by atomic mass is 16.1. The topological polar surface area (TPSA) is 59.8 Å². The van der Waals surface area contributed by atoms with E-state index in [2.05, 4.69) is 29.1 Å². The lowest BCUT2D eigenvalue weighted by Crippen LogP contribution is -2.29. The number of aryl methyl sites for hydroxylation is 3. The number of hydrogen-bond donors (Lipinski definition) is 1. The lowest BCUT2D eigenvalue weighted by atomic mass is 10.1. The van der Waals surface area contributed by atoms with Gasteiger partial charge in [-0.3, -0.25) is 9.78 Å². The van der Waals surface area contributed by atoms with Crippen LogP contribution in [0.3, 0.4) is 0 Å². The molecule has 0 saturated carbocycles. The van der Waals surface area contributed by atoms with Gasteiger partial charge in [-0.25, -0.2) is 4.98 Å². The fourth-order valence-electron chi connectivity index (χ4n) is 2.49. The van der Waals surface area contributed by atoms with Gasteiger partial charge < -0.3 is 9.88 Å². The third-order valence-electron chi connectivity index (χ3n) is 3.71. The summed E-state index contributed by atoms with van der Waals surface area (Å²) >= 11 is 0. The minimum atomic E-state index is -0.0270. The Morgan fingerprint density at radius 1 is 1.36 bits per heavy atom. The normalized spacial score (nSPS) is 12.1. The van der Waals surface area contributed by atoms with E-state index in [0.717, 1.165) is 30.1 Å². The zero-order valence-corrected chi connectivity index (χ0v) is 13.5. The fourth-order valence-corrected chi connectivity index (χ4v) is 2.49. The Balaban J connectivity index is 1.92. The van der Waals surface area contributed by atoms with E-state index in [0.29, 0.717) is 13.0 Å². The number of carbonyl (C=O) groups excluding carboxylic acids is 1. The first-order valence-electron chi connectivity index (χ1n) is 7.87. The second kappa shape index (κ2) is 7.73. The molecule has 118 valence electrons. The van der Waals surface area contributed by atoms with Crippen molar-refractivity contribution < 1.29 is 4.79 Å². The standard InChI is InChI=1S/C17H24N4O/c1-4-14(15-8-6-7-13(3)19-15)20-17(22)9-11-21-12-10-18-16(21)5-2/h6-8,10,12,14H,4-5,9,11H2,1-3H3,(H,20,22)/t14-/m0/s1. The monoisotopic (exact) mass is 300 g/mol. The molecule has 0 bridgehead atoms. The fraction of sp³-hybridized carbons (Fsp3) is 0.471. The van der Waals surface area contributed by atoms with Gasteiger partial charge in [0.15, 0.2) is 0 Å². The highest BCUT2D eigenvalue weighted by molar-refractivity contribution is 5.76. The average Bonchev–Trinajstić information content (AvgIpc) is 2.98. The maximum atomic E-state index is 12.2. The SMILES string of the molecule is CCc1nccn1CCC(=O)N[C@@H](CC)c1cccc(C)n1. The number of pyridine rings is 1. The van der Waals surface area contributed by atoms with Gasteiger partial charge in [-0.15, -0.1) is 0 Å². The number of amides is 1. The van der Waals surface area contributed by atoms with Crippen molar-refractivity contribution in [3.8, 4) is 0 Å². The predicted octanol–water partition coefficient (Wildman–Crippen LogP) is 2.81. The molecular formula is C17H24N4O. The number of carbonyl (C=O) groups is 1. The molecule has 0 aliphatic heterocycles. The largest absolute Gasteiger partial charge is 0.348 e. The smallest absolute Gasteiger partial charge is 0.222 e. The van der Waals surface area contributed by atoms with Crippen LogP contribution in [0, 0.1) is 6.92 Å². The number of imidazole rings is 1. The number of rotatable bonds is 7. The van der Waals surface area contributed by atoms with E-state index in [-0.39, 0.29) is 11.9 Å². The Morgan fingerprint density at radius 3 is 2.86 bits per heavy atom. The van der Waals surface area contributed by atoms with Crippen molar-refractivity contribution in [3.63, 3.8) is 0 Å². The first-order chi connectivity index (χ1) is 10.6. The van der Waals surface area contributed by atoms with E-state index in [1.54, 1.807) is 6.20 Å². The summed E-state index contributed by atoms with van der Waals surface area (Å²) in [5.41, 5.74) is 1.89. The molecule has 1 N–H and O–H groups in total. The number of aromatic nitrogens is 3. The second-order valence-electron chi connectivity index (χ2n) is 5.37. The molecule has 2 rings (SSSR count). The van der Waals surface area contributed by atoms with Crippen LogP contribution in [0.1, 0.15) is 49.9 Å². The van der Waals surface area contributed by atoms with Crippen molar-refractivity contribution in [1.82, 2.24) is 19.9 Å². The van der Waals surface area contributed by atoms with Gasteiger partial charge in [0.2, 0.25) is 5.91 Å². The van der Waals surface area contributed by atoms with Crippen LogP contribution in [0.2, 0.25) is 0 Å². The summed E-state index contributed by atoms with van der Waals surface area (Å²) in [4.78, 5) is 21.0. The quantitative estimate of drug-likeness (QED) is 0.855. The zero-order valence-electron chi connectivity index (χ0n) is 13.5. The molecule has 0 unspecified atom stereocenters. The van der Waals surface area contributed by atoms with Crippen LogP contribution in [0.5, 0.6) is 0 Å². The molecule has 1 amide bonds. The summed E-state index contributed by atoms with van der Waals surface area (Å²) in [6, 6.07) is 5.88. The maximum Gasteiger partial charge on any atom is 0.222 e. The van der Waals surface area contributed by atoms with Crippen molar-refractivity contribution in [1.29, 1.82) is 0 Å². The predicted molar refractivity (Wildman–Crippen MR) is 86.4 cm³/mol. The molecule has 0 aliphatic rings. The molecule has 5 heteroatoms. The minimum absolute atomic E-state index is 0.0270. The summed E-state index contributed by atoms with van der Waals surface area (Å²) in [5, 5.41) is 3.07. The molecule has 2 aromatic heterocycles. The van der Waals surface area contributed by atoms with Gasteiger partial charge in [-0.1, -0.05) is 19.9 Å². The highest BCUT2D eigenvalue weighted by Crippen LogP contribution is 2.14. The molecule has 5 nitrogen and oxygen atoms in total. The molecule has 2 aromatic rings. The van der Waals surface area contributed by atoms with Crippen LogP contribution < -0.4 is 5.32 Å². The van der Waals surface area contributed by atoms with Crippen LogP contribution in [0.4, 0.5) is 0 Å². The van der Waals surface area contributed by atoms with Crippen LogP contribution >= 0.6 is 0 Å². The highest BCUT2D eigenvalue weighted by Gasteiger charge is 2.14. The van der Waals surface area contributed by atoms with E-state index in [9.17, 15) is 4.79 Å². The summed E-state index contributed by atoms with van der Waals surface area (Å²) in [6.45, 7) is 6.74. The van der Waals surface area contributed by atoms with Crippen molar-refractivity contribution in [2.75, 3.05) is 0 Å². The Labute approximate surface area is 131 Å². The lowest BCUT2D eigenvalue weighted by molar-refractivity contribution is -0.122. The van der Waals surface area contributed by atoms with Gasteiger partial charge in [0, 0.05) is 37.5 Å². The number of hydrogen-bond acceptors (Lipinski definition) is 3. The van der Waals surface area contributed by atoms with E-state index in [4.69, 9.17) is 0 Å². The van der Waals surface area contributed by atoms with Crippen LogP contribution in [0.15, 0.2) is 30.6 Å². The Hall–Kier alpha value is -2.17. The summed E-state index contributed by atoms with van der Waals surface area (Å²) in [6.07, 6.45) is 5.85. The van der Waals surface area contributed by atoms with E-state index in [1.807, 2.05) is 35.9 Å². The first-order valence-corrected chi connectivity index (χ1v) is 7.87.